The minimum Gasteiger partial charge on any atom is -0.482 e. The van der Waals surface area contributed by atoms with Crippen LogP contribution < -0.4 is 20.3 Å². The van der Waals surface area contributed by atoms with E-state index in [1.54, 1.807) is 17.0 Å². The molecule has 2 aliphatic rings. The van der Waals surface area contributed by atoms with E-state index >= 15 is 0 Å². The normalized spacial score (nSPS) is 15.7. The average molecular weight is 429 g/mol. The van der Waals surface area contributed by atoms with Crippen LogP contribution in [0.15, 0.2) is 42.5 Å². The van der Waals surface area contributed by atoms with Crippen LogP contribution in [-0.2, 0) is 9.59 Å². The van der Waals surface area contributed by atoms with E-state index in [-0.39, 0.29) is 30.9 Å². The molecule has 1 saturated heterocycles. The zero-order valence-corrected chi connectivity index (χ0v) is 16.9. The Morgan fingerprint density at radius 1 is 1.10 bits per heavy atom. The highest BCUT2D eigenvalue weighted by atomic mass is 35.5. The smallest absolute Gasteiger partial charge is 0.262 e. The number of carbonyl (C=O) groups is 3. The van der Waals surface area contributed by atoms with Gasteiger partial charge < -0.3 is 25.2 Å². The Kier molecular flexibility index (Phi) is 5.76. The molecule has 0 spiro atoms. The first kappa shape index (κ1) is 20.0. The Hall–Kier alpha value is -3.26. The summed E-state index contributed by atoms with van der Waals surface area (Å²) in [5, 5.41) is 5.99. The maximum absolute atomic E-state index is 12.5. The van der Waals surface area contributed by atoms with Gasteiger partial charge in [-0.1, -0.05) is 17.7 Å². The number of nitrogens with zero attached hydrogens (tertiary/aromatic N) is 2. The maximum atomic E-state index is 12.5. The molecule has 2 aliphatic heterocycles. The van der Waals surface area contributed by atoms with Gasteiger partial charge in [-0.25, -0.2) is 0 Å². The first-order valence-electron chi connectivity index (χ1n) is 9.63. The van der Waals surface area contributed by atoms with Crippen LogP contribution in [0.1, 0.15) is 10.4 Å². The molecule has 9 heteroatoms. The topological polar surface area (TPSA) is 91.0 Å². The second-order valence-corrected chi connectivity index (χ2v) is 7.51. The molecule has 0 saturated carbocycles. The zero-order chi connectivity index (χ0) is 21.1. The number of hydrogen-bond acceptors (Lipinski definition) is 5. The minimum atomic E-state index is -0.386. The summed E-state index contributed by atoms with van der Waals surface area (Å²) < 4.78 is 5.28. The molecule has 3 amide bonds. The molecule has 2 heterocycles. The third-order valence-electron chi connectivity index (χ3n) is 5.08. The van der Waals surface area contributed by atoms with Crippen LogP contribution >= 0.6 is 11.6 Å². The predicted molar refractivity (Wildman–Crippen MR) is 113 cm³/mol. The van der Waals surface area contributed by atoms with Crippen LogP contribution in [0.5, 0.6) is 5.75 Å². The number of nitrogens with one attached hydrogen (secondary N) is 2. The summed E-state index contributed by atoms with van der Waals surface area (Å²) in [6, 6.07) is 12.4. The summed E-state index contributed by atoms with van der Waals surface area (Å²) in [5.74, 6) is -0.279. The molecule has 1 fully saturated rings. The van der Waals surface area contributed by atoms with Crippen molar-refractivity contribution in [3.63, 3.8) is 0 Å². The fraction of sp³-hybridized carbons (Fsp3) is 0.286. The number of piperazine rings is 1. The van der Waals surface area contributed by atoms with E-state index in [0.29, 0.717) is 48.2 Å². The molecule has 0 aliphatic carbocycles. The average Bonchev–Trinajstić information content (AvgIpc) is 2.76. The number of anilines is 2. The molecule has 4 rings (SSSR count). The summed E-state index contributed by atoms with van der Waals surface area (Å²) in [6.45, 7) is 2.41. The molecule has 30 heavy (non-hydrogen) atoms. The Morgan fingerprint density at radius 3 is 2.67 bits per heavy atom. The lowest BCUT2D eigenvalue weighted by molar-refractivity contribution is -0.130. The van der Waals surface area contributed by atoms with Crippen LogP contribution in [0.3, 0.4) is 0 Å². The number of hydrogen-bond donors (Lipinski definition) is 2. The number of benzene rings is 2. The second kappa shape index (κ2) is 8.62. The van der Waals surface area contributed by atoms with Gasteiger partial charge in [0, 0.05) is 42.5 Å². The highest BCUT2D eigenvalue weighted by Crippen LogP contribution is 2.28. The van der Waals surface area contributed by atoms with Crippen molar-refractivity contribution in [3.05, 3.63) is 53.1 Å². The third-order valence-corrected chi connectivity index (χ3v) is 5.32. The lowest BCUT2D eigenvalue weighted by atomic mass is 10.1. The quantitative estimate of drug-likeness (QED) is 0.774. The molecule has 0 radical (unpaired) electrons. The van der Waals surface area contributed by atoms with Crippen molar-refractivity contribution in [3.8, 4) is 5.75 Å². The summed E-state index contributed by atoms with van der Waals surface area (Å²) >= 11 is 6.05. The van der Waals surface area contributed by atoms with Gasteiger partial charge in [-0.2, -0.15) is 0 Å². The van der Waals surface area contributed by atoms with Gasteiger partial charge in [0.2, 0.25) is 5.91 Å². The highest BCUT2D eigenvalue weighted by Gasteiger charge is 2.22. The highest BCUT2D eigenvalue weighted by molar-refractivity contribution is 6.30. The van der Waals surface area contributed by atoms with Crippen molar-refractivity contribution in [2.45, 2.75) is 0 Å². The van der Waals surface area contributed by atoms with E-state index in [1.165, 1.54) is 6.07 Å². The fourth-order valence-electron chi connectivity index (χ4n) is 3.48. The second-order valence-electron chi connectivity index (χ2n) is 7.08. The minimum absolute atomic E-state index is 0.0440. The van der Waals surface area contributed by atoms with Crippen LogP contribution in [0.2, 0.25) is 5.02 Å². The van der Waals surface area contributed by atoms with Gasteiger partial charge in [-0.15, -0.1) is 0 Å². The first-order chi connectivity index (χ1) is 14.5. The van der Waals surface area contributed by atoms with Crippen molar-refractivity contribution < 1.29 is 19.1 Å². The summed E-state index contributed by atoms with van der Waals surface area (Å²) in [7, 11) is 0. The Bertz CT molecular complexity index is 989. The number of carbonyl (C=O) groups excluding carboxylic acids is 3. The van der Waals surface area contributed by atoms with E-state index < -0.39 is 0 Å². The van der Waals surface area contributed by atoms with Gasteiger partial charge in [-0.3, -0.25) is 14.4 Å². The van der Waals surface area contributed by atoms with Crippen LogP contribution in [0, 0.1) is 0 Å². The van der Waals surface area contributed by atoms with Crippen molar-refractivity contribution in [1.29, 1.82) is 0 Å². The van der Waals surface area contributed by atoms with Gasteiger partial charge in [-0.05, 0) is 36.4 Å². The molecule has 2 aromatic rings. The Balaban J connectivity index is 1.28. The molecule has 0 unspecified atom stereocenters. The van der Waals surface area contributed by atoms with Crippen LogP contribution in [-0.4, -0.2) is 62.0 Å². The molecular weight excluding hydrogens is 408 g/mol. The number of rotatable bonds is 4. The maximum Gasteiger partial charge on any atom is 0.262 e. The van der Waals surface area contributed by atoms with Gasteiger partial charge in [0.05, 0.1) is 12.2 Å². The van der Waals surface area contributed by atoms with E-state index in [4.69, 9.17) is 16.3 Å². The molecule has 0 bridgehead atoms. The molecule has 8 nitrogen and oxygen atoms in total. The number of fused-ring (bicyclic) bond motifs is 1. The number of amides is 3. The lowest BCUT2D eigenvalue weighted by Crippen LogP contribution is -2.51. The van der Waals surface area contributed by atoms with Gasteiger partial charge in [0.25, 0.3) is 11.8 Å². The SMILES string of the molecule is O=C1COc2ccc(C(=O)NCC(=O)N3CCN(c4cccc(Cl)c4)CC3)cc2N1. The fourth-order valence-corrected chi connectivity index (χ4v) is 3.67. The Labute approximate surface area is 178 Å². The molecular formula is C21H21ClN4O4. The molecule has 156 valence electrons. The van der Waals surface area contributed by atoms with Gasteiger partial charge in [0.1, 0.15) is 5.75 Å². The molecule has 2 N–H and O–H groups in total. The van der Waals surface area contributed by atoms with Crippen molar-refractivity contribution in [1.82, 2.24) is 10.2 Å². The van der Waals surface area contributed by atoms with Gasteiger partial charge >= 0.3 is 0 Å². The zero-order valence-electron chi connectivity index (χ0n) is 16.2. The third kappa shape index (κ3) is 4.49. The summed E-state index contributed by atoms with van der Waals surface area (Å²) in [5.41, 5.74) is 1.83. The van der Waals surface area contributed by atoms with Crippen LogP contribution in [0.25, 0.3) is 0 Å². The van der Waals surface area contributed by atoms with Gasteiger partial charge in [0.15, 0.2) is 6.61 Å². The largest absolute Gasteiger partial charge is 0.482 e. The van der Waals surface area contributed by atoms with Crippen LogP contribution in [0.4, 0.5) is 11.4 Å². The van der Waals surface area contributed by atoms with E-state index in [0.717, 1.165) is 5.69 Å². The molecule has 0 atom stereocenters. The van der Waals surface area contributed by atoms with E-state index in [1.807, 2.05) is 24.3 Å². The predicted octanol–water partition coefficient (Wildman–Crippen LogP) is 1.75. The summed E-state index contributed by atoms with van der Waals surface area (Å²) in [6.07, 6.45) is 0. The molecule has 2 aromatic carbocycles. The Morgan fingerprint density at radius 2 is 1.90 bits per heavy atom. The van der Waals surface area contributed by atoms with Crippen molar-refractivity contribution >= 4 is 40.7 Å². The number of halogens is 1. The van der Waals surface area contributed by atoms with Crippen molar-refractivity contribution in [2.24, 2.45) is 0 Å². The number of ether oxygens (including phenoxy) is 1. The first-order valence-corrected chi connectivity index (χ1v) is 10.0. The lowest BCUT2D eigenvalue weighted by Gasteiger charge is -2.36. The monoisotopic (exact) mass is 428 g/mol. The standard InChI is InChI=1S/C21H21ClN4O4/c22-15-2-1-3-16(11-15)25-6-8-26(9-7-25)20(28)12-23-21(29)14-4-5-18-17(10-14)24-19(27)13-30-18/h1-5,10-11H,6-9,12-13H2,(H,23,29)(H,24,27). The van der Waals surface area contributed by atoms with Crippen molar-refractivity contribution in [2.75, 3.05) is 49.5 Å². The van der Waals surface area contributed by atoms with E-state index in [9.17, 15) is 14.4 Å². The summed E-state index contributed by atoms with van der Waals surface area (Å²) in [4.78, 5) is 40.3. The van der Waals surface area contributed by atoms with E-state index in [2.05, 4.69) is 15.5 Å². The molecule has 0 aromatic heterocycles.